The van der Waals surface area contributed by atoms with Gasteiger partial charge in [0.25, 0.3) is 0 Å². The van der Waals surface area contributed by atoms with Crippen LogP contribution in [0.5, 0.6) is 0 Å². The Balaban J connectivity index is 1.49. The van der Waals surface area contributed by atoms with Crippen molar-refractivity contribution in [1.82, 2.24) is 15.1 Å². The van der Waals surface area contributed by atoms with Crippen LogP contribution >= 0.6 is 0 Å². The van der Waals surface area contributed by atoms with Crippen LogP contribution in [0, 0.1) is 0 Å². The maximum absolute atomic E-state index is 12.5. The van der Waals surface area contributed by atoms with Gasteiger partial charge < -0.3 is 20.6 Å². The Morgan fingerprint density at radius 1 is 1.27 bits per heavy atom. The van der Waals surface area contributed by atoms with Crippen LogP contribution in [-0.2, 0) is 14.4 Å². The van der Waals surface area contributed by atoms with Gasteiger partial charge in [0.1, 0.15) is 6.04 Å². The summed E-state index contributed by atoms with van der Waals surface area (Å²) < 4.78 is 0. The standard InChI is InChI=1S/C21H31N5O4/c1-15-13-25(8-3-11-27)9-10-26(15)14-20(29)23-17-5-2-4-16(12-17)22-18-6-7-19(28)24-21(18)30/h2,4-5,12,15,18,22,27H,3,6-11,13-14H2,1H3,(H,23,29)(H,24,28,30)/t15-,18?/m0/s1. The molecule has 9 nitrogen and oxygen atoms in total. The zero-order valence-electron chi connectivity index (χ0n) is 17.4. The van der Waals surface area contributed by atoms with E-state index in [2.05, 4.69) is 32.7 Å². The molecule has 0 saturated carbocycles. The molecule has 0 bridgehead atoms. The van der Waals surface area contributed by atoms with E-state index in [-0.39, 0.29) is 30.4 Å². The number of aliphatic hydroxyl groups is 1. The molecule has 0 radical (unpaired) electrons. The fraction of sp³-hybridized carbons (Fsp3) is 0.571. The second kappa shape index (κ2) is 10.5. The number of nitrogens with one attached hydrogen (secondary N) is 3. The van der Waals surface area contributed by atoms with Gasteiger partial charge in [0.05, 0.1) is 6.54 Å². The Kier molecular flexibility index (Phi) is 7.78. The largest absolute Gasteiger partial charge is 0.396 e. The number of amides is 3. The van der Waals surface area contributed by atoms with Gasteiger partial charge in [0.2, 0.25) is 17.7 Å². The average Bonchev–Trinajstić information content (AvgIpc) is 2.70. The molecule has 30 heavy (non-hydrogen) atoms. The molecule has 1 aromatic carbocycles. The van der Waals surface area contributed by atoms with E-state index in [1.54, 1.807) is 6.07 Å². The monoisotopic (exact) mass is 417 g/mol. The number of imide groups is 1. The van der Waals surface area contributed by atoms with Gasteiger partial charge in [0.15, 0.2) is 0 Å². The molecule has 164 valence electrons. The summed E-state index contributed by atoms with van der Waals surface area (Å²) >= 11 is 0. The second-order valence-electron chi connectivity index (χ2n) is 7.97. The van der Waals surface area contributed by atoms with Crippen molar-refractivity contribution in [2.24, 2.45) is 0 Å². The first kappa shape index (κ1) is 22.2. The number of benzene rings is 1. The highest BCUT2D eigenvalue weighted by atomic mass is 16.3. The molecule has 2 aliphatic heterocycles. The highest BCUT2D eigenvalue weighted by Gasteiger charge is 2.27. The van der Waals surface area contributed by atoms with Crippen molar-refractivity contribution < 1.29 is 19.5 Å². The lowest BCUT2D eigenvalue weighted by Gasteiger charge is -2.39. The van der Waals surface area contributed by atoms with Crippen LogP contribution in [0.4, 0.5) is 11.4 Å². The lowest BCUT2D eigenvalue weighted by Crippen LogP contribution is -2.53. The van der Waals surface area contributed by atoms with E-state index in [0.717, 1.165) is 32.6 Å². The summed E-state index contributed by atoms with van der Waals surface area (Å²) in [5.41, 5.74) is 1.37. The molecule has 2 heterocycles. The van der Waals surface area contributed by atoms with Gasteiger partial charge in [-0.05, 0) is 38.0 Å². The fourth-order valence-electron chi connectivity index (χ4n) is 3.91. The lowest BCUT2D eigenvalue weighted by atomic mass is 10.1. The highest BCUT2D eigenvalue weighted by molar-refractivity contribution is 6.01. The summed E-state index contributed by atoms with van der Waals surface area (Å²) in [6, 6.07) is 7.04. The molecule has 1 unspecified atom stereocenters. The lowest BCUT2D eigenvalue weighted by molar-refractivity contribution is -0.133. The molecule has 4 N–H and O–H groups in total. The van der Waals surface area contributed by atoms with Crippen molar-refractivity contribution in [2.45, 2.75) is 38.3 Å². The van der Waals surface area contributed by atoms with E-state index in [9.17, 15) is 14.4 Å². The number of carbonyl (C=O) groups is 3. The molecular weight excluding hydrogens is 386 g/mol. The van der Waals surface area contributed by atoms with Gasteiger partial charge in [-0.1, -0.05) is 6.07 Å². The molecular formula is C21H31N5O4. The third-order valence-corrected chi connectivity index (χ3v) is 5.55. The minimum atomic E-state index is -0.461. The number of anilines is 2. The predicted octanol–water partition coefficient (Wildman–Crippen LogP) is 0.231. The maximum atomic E-state index is 12.5. The average molecular weight is 418 g/mol. The van der Waals surface area contributed by atoms with Gasteiger partial charge in [-0.2, -0.15) is 0 Å². The first-order valence-corrected chi connectivity index (χ1v) is 10.5. The van der Waals surface area contributed by atoms with E-state index in [4.69, 9.17) is 5.11 Å². The highest BCUT2D eigenvalue weighted by Crippen LogP contribution is 2.19. The second-order valence-corrected chi connectivity index (χ2v) is 7.97. The number of rotatable bonds is 8. The van der Waals surface area contributed by atoms with Crippen LogP contribution in [0.2, 0.25) is 0 Å². The molecule has 1 aromatic rings. The Hall–Kier alpha value is -2.49. The first-order valence-electron chi connectivity index (χ1n) is 10.5. The maximum Gasteiger partial charge on any atom is 0.249 e. The fourth-order valence-corrected chi connectivity index (χ4v) is 3.91. The van der Waals surface area contributed by atoms with E-state index in [0.29, 0.717) is 30.8 Å². The molecule has 2 fully saturated rings. The van der Waals surface area contributed by atoms with Crippen LogP contribution < -0.4 is 16.0 Å². The SMILES string of the molecule is C[C@H]1CN(CCCO)CCN1CC(=O)Nc1cccc(NC2CCC(=O)NC2=O)c1. The van der Waals surface area contributed by atoms with Gasteiger partial charge in [-0.3, -0.25) is 24.6 Å². The van der Waals surface area contributed by atoms with Gasteiger partial charge in [-0.15, -0.1) is 0 Å². The van der Waals surface area contributed by atoms with Crippen molar-refractivity contribution in [3.63, 3.8) is 0 Å². The number of piperidine rings is 1. The zero-order valence-corrected chi connectivity index (χ0v) is 17.4. The van der Waals surface area contributed by atoms with Crippen molar-refractivity contribution in [3.8, 4) is 0 Å². The van der Waals surface area contributed by atoms with Crippen molar-refractivity contribution in [1.29, 1.82) is 0 Å². The first-order chi connectivity index (χ1) is 14.4. The number of carbonyl (C=O) groups excluding carboxylic acids is 3. The number of piperazine rings is 1. The molecule has 2 aliphatic rings. The van der Waals surface area contributed by atoms with Crippen molar-refractivity contribution in [3.05, 3.63) is 24.3 Å². The van der Waals surface area contributed by atoms with Crippen LogP contribution in [0.1, 0.15) is 26.2 Å². The third-order valence-electron chi connectivity index (χ3n) is 5.55. The molecule has 0 aliphatic carbocycles. The summed E-state index contributed by atoms with van der Waals surface area (Å²) in [5, 5.41) is 17.4. The van der Waals surface area contributed by atoms with Crippen molar-refractivity contribution >= 4 is 29.1 Å². The van der Waals surface area contributed by atoms with E-state index in [1.807, 2.05) is 18.2 Å². The van der Waals surface area contributed by atoms with E-state index in [1.165, 1.54) is 0 Å². The molecule has 3 rings (SSSR count). The Bertz CT molecular complexity index is 772. The van der Waals surface area contributed by atoms with Crippen LogP contribution in [-0.4, -0.2) is 84.0 Å². The molecule has 0 spiro atoms. The molecule has 2 saturated heterocycles. The zero-order chi connectivity index (χ0) is 21.5. The van der Waals surface area contributed by atoms with Gasteiger partial charge in [-0.25, -0.2) is 0 Å². The number of hydrogen-bond donors (Lipinski definition) is 4. The van der Waals surface area contributed by atoms with Crippen LogP contribution in [0.25, 0.3) is 0 Å². The predicted molar refractivity (Wildman–Crippen MR) is 114 cm³/mol. The minimum absolute atomic E-state index is 0.0798. The molecule has 3 amide bonds. The Morgan fingerprint density at radius 2 is 2.07 bits per heavy atom. The summed E-state index contributed by atoms with van der Waals surface area (Å²) in [6.07, 6.45) is 1.53. The molecule has 9 heteroatoms. The van der Waals surface area contributed by atoms with Gasteiger partial charge in [0, 0.05) is 56.6 Å². The van der Waals surface area contributed by atoms with Gasteiger partial charge >= 0.3 is 0 Å². The summed E-state index contributed by atoms with van der Waals surface area (Å²) in [6.45, 7) is 6.11. The molecule has 2 atom stereocenters. The van der Waals surface area contributed by atoms with Crippen LogP contribution in [0.15, 0.2) is 24.3 Å². The topological polar surface area (TPSA) is 114 Å². The Labute approximate surface area is 176 Å². The quantitative estimate of drug-likeness (QED) is 0.448. The summed E-state index contributed by atoms with van der Waals surface area (Å²) in [7, 11) is 0. The number of aliphatic hydroxyl groups excluding tert-OH is 1. The van der Waals surface area contributed by atoms with E-state index >= 15 is 0 Å². The smallest absolute Gasteiger partial charge is 0.249 e. The summed E-state index contributed by atoms with van der Waals surface area (Å²) in [5.74, 6) is -0.654. The van der Waals surface area contributed by atoms with E-state index < -0.39 is 6.04 Å². The number of hydrogen-bond acceptors (Lipinski definition) is 7. The third kappa shape index (κ3) is 6.25. The summed E-state index contributed by atoms with van der Waals surface area (Å²) in [4.78, 5) is 40.2. The minimum Gasteiger partial charge on any atom is -0.396 e. The normalized spacial score (nSPS) is 23.1. The molecule has 0 aromatic heterocycles. The van der Waals surface area contributed by atoms with Crippen molar-refractivity contribution in [2.75, 3.05) is 50.0 Å². The Morgan fingerprint density at radius 3 is 2.80 bits per heavy atom. The number of nitrogens with zero attached hydrogens (tertiary/aromatic N) is 2. The van der Waals surface area contributed by atoms with Crippen LogP contribution in [0.3, 0.4) is 0 Å².